The van der Waals surface area contributed by atoms with E-state index in [1.54, 1.807) is 0 Å². The first-order valence-corrected chi connectivity index (χ1v) is 7.37. The average Bonchev–Trinajstić information content (AvgIpc) is 3.20. The SMILES string of the molecule is CN(CCC(C)(NC1CC1)C(N)=O)C1CCOCC1. The fourth-order valence-corrected chi connectivity index (χ4v) is 2.65. The van der Waals surface area contributed by atoms with E-state index in [0.29, 0.717) is 12.1 Å². The van der Waals surface area contributed by atoms with Crippen molar-refractivity contribution in [3.63, 3.8) is 0 Å². The molecule has 0 bridgehead atoms. The molecule has 0 aromatic heterocycles. The van der Waals surface area contributed by atoms with Crippen LogP contribution < -0.4 is 11.1 Å². The Morgan fingerprint density at radius 2 is 2.00 bits per heavy atom. The Labute approximate surface area is 115 Å². The van der Waals surface area contributed by atoms with Crippen LogP contribution in [0, 0.1) is 0 Å². The first-order valence-electron chi connectivity index (χ1n) is 7.37. The van der Waals surface area contributed by atoms with E-state index in [1.807, 2.05) is 6.92 Å². The molecule has 0 radical (unpaired) electrons. The fraction of sp³-hybridized carbons (Fsp3) is 0.929. The van der Waals surface area contributed by atoms with Crippen LogP contribution in [0.25, 0.3) is 0 Å². The summed E-state index contributed by atoms with van der Waals surface area (Å²) in [7, 11) is 2.13. The minimum atomic E-state index is -0.569. The summed E-state index contributed by atoms with van der Waals surface area (Å²) in [5.74, 6) is -0.236. The second kappa shape index (κ2) is 6.20. The lowest BCUT2D eigenvalue weighted by Gasteiger charge is -2.34. The summed E-state index contributed by atoms with van der Waals surface area (Å²) >= 11 is 0. The Morgan fingerprint density at radius 3 is 2.53 bits per heavy atom. The van der Waals surface area contributed by atoms with Gasteiger partial charge >= 0.3 is 0 Å². The quantitative estimate of drug-likeness (QED) is 0.705. The van der Waals surface area contributed by atoms with Crippen molar-refractivity contribution in [2.75, 3.05) is 26.8 Å². The van der Waals surface area contributed by atoms with Crippen LogP contribution in [0.3, 0.4) is 0 Å². The molecule has 2 aliphatic rings. The van der Waals surface area contributed by atoms with Crippen LogP contribution in [0.1, 0.15) is 39.0 Å². The average molecular weight is 269 g/mol. The molecular weight excluding hydrogens is 242 g/mol. The highest BCUT2D eigenvalue weighted by Gasteiger charge is 2.37. The number of hydrogen-bond acceptors (Lipinski definition) is 4. The Hall–Kier alpha value is -0.650. The van der Waals surface area contributed by atoms with Crippen LogP contribution in [0.15, 0.2) is 0 Å². The van der Waals surface area contributed by atoms with Gasteiger partial charge in [-0.3, -0.25) is 4.79 Å². The van der Waals surface area contributed by atoms with Crippen LogP contribution in [-0.2, 0) is 9.53 Å². The molecule has 1 heterocycles. The van der Waals surface area contributed by atoms with Crippen LogP contribution in [0.4, 0.5) is 0 Å². The number of carbonyl (C=O) groups excluding carboxylic acids is 1. The first-order chi connectivity index (χ1) is 9.01. The zero-order valence-corrected chi connectivity index (χ0v) is 12.2. The lowest BCUT2D eigenvalue weighted by molar-refractivity contribution is -0.124. The van der Waals surface area contributed by atoms with Gasteiger partial charge in [0.15, 0.2) is 0 Å². The van der Waals surface area contributed by atoms with Gasteiger partial charge in [-0.15, -0.1) is 0 Å². The van der Waals surface area contributed by atoms with Crippen LogP contribution >= 0.6 is 0 Å². The number of primary amides is 1. The maximum Gasteiger partial charge on any atom is 0.237 e. The lowest BCUT2D eigenvalue weighted by Crippen LogP contribution is -2.55. The Bertz CT molecular complexity index is 314. The zero-order valence-electron chi connectivity index (χ0n) is 12.2. The normalized spacial score (nSPS) is 24.4. The molecule has 1 unspecified atom stereocenters. The van der Waals surface area contributed by atoms with Gasteiger partial charge in [0.2, 0.25) is 5.91 Å². The summed E-state index contributed by atoms with van der Waals surface area (Å²) in [5, 5.41) is 3.40. The number of amides is 1. The molecule has 2 rings (SSSR count). The topological polar surface area (TPSA) is 67.6 Å². The van der Waals surface area contributed by atoms with Crippen molar-refractivity contribution in [2.24, 2.45) is 5.73 Å². The van der Waals surface area contributed by atoms with E-state index in [9.17, 15) is 4.79 Å². The molecule has 1 aliphatic heterocycles. The van der Waals surface area contributed by atoms with Gasteiger partial charge in [-0.25, -0.2) is 0 Å². The fourth-order valence-electron chi connectivity index (χ4n) is 2.65. The Morgan fingerprint density at radius 1 is 1.37 bits per heavy atom. The van der Waals surface area contributed by atoms with E-state index in [4.69, 9.17) is 10.5 Å². The van der Waals surface area contributed by atoms with Crippen molar-refractivity contribution in [3.05, 3.63) is 0 Å². The predicted molar refractivity (Wildman–Crippen MR) is 74.8 cm³/mol. The summed E-state index contributed by atoms with van der Waals surface area (Å²) in [6, 6.07) is 1.07. The standard InChI is InChI=1S/C14H27N3O2/c1-14(13(15)18,16-11-3-4-11)7-8-17(2)12-5-9-19-10-6-12/h11-12,16H,3-10H2,1-2H3,(H2,15,18). The smallest absolute Gasteiger partial charge is 0.237 e. The molecule has 5 nitrogen and oxygen atoms in total. The summed E-state index contributed by atoms with van der Waals surface area (Å²) in [6.07, 6.45) is 5.27. The minimum Gasteiger partial charge on any atom is -0.381 e. The highest BCUT2D eigenvalue weighted by molar-refractivity contribution is 5.84. The molecule has 0 aromatic carbocycles. The van der Waals surface area contributed by atoms with Gasteiger partial charge < -0.3 is 20.7 Å². The highest BCUT2D eigenvalue weighted by Crippen LogP contribution is 2.24. The summed E-state index contributed by atoms with van der Waals surface area (Å²) in [4.78, 5) is 14.0. The van der Waals surface area contributed by atoms with E-state index >= 15 is 0 Å². The number of carbonyl (C=O) groups is 1. The second-order valence-electron chi connectivity index (χ2n) is 6.19. The Kier molecular flexibility index (Phi) is 4.81. The molecule has 5 heteroatoms. The molecule has 0 spiro atoms. The molecular formula is C14H27N3O2. The predicted octanol–water partition coefficient (Wildman–Crippen LogP) is 0.483. The molecule has 1 saturated heterocycles. The van der Waals surface area contributed by atoms with Crippen molar-refractivity contribution in [2.45, 2.75) is 56.7 Å². The molecule has 1 atom stereocenters. The minimum absolute atomic E-state index is 0.236. The van der Waals surface area contributed by atoms with Gasteiger partial charge in [0.25, 0.3) is 0 Å². The van der Waals surface area contributed by atoms with Gasteiger partial charge in [-0.05, 0) is 46.1 Å². The number of rotatable bonds is 7. The van der Waals surface area contributed by atoms with E-state index in [-0.39, 0.29) is 5.91 Å². The summed E-state index contributed by atoms with van der Waals surface area (Å²) < 4.78 is 5.38. The zero-order chi connectivity index (χ0) is 13.9. The first kappa shape index (κ1) is 14.8. The summed E-state index contributed by atoms with van der Waals surface area (Å²) in [6.45, 7) is 4.53. The molecule has 2 fully saturated rings. The van der Waals surface area contributed by atoms with E-state index in [0.717, 1.165) is 39.0 Å². The molecule has 110 valence electrons. The maximum absolute atomic E-state index is 11.7. The van der Waals surface area contributed by atoms with Crippen molar-refractivity contribution < 1.29 is 9.53 Å². The monoisotopic (exact) mass is 269 g/mol. The molecule has 3 N–H and O–H groups in total. The number of nitrogens with one attached hydrogen (secondary N) is 1. The maximum atomic E-state index is 11.7. The molecule has 1 aliphatic carbocycles. The third kappa shape index (κ3) is 4.16. The Balaban J connectivity index is 1.81. The van der Waals surface area contributed by atoms with Crippen molar-refractivity contribution in [1.29, 1.82) is 0 Å². The van der Waals surface area contributed by atoms with Crippen LogP contribution in [-0.4, -0.2) is 55.2 Å². The van der Waals surface area contributed by atoms with Gasteiger partial charge in [0.05, 0.1) is 5.54 Å². The highest BCUT2D eigenvalue weighted by atomic mass is 16.5. The number of hydrogen-bond donors (Lipinski definition) is 2. The molecule has 0 aromatic rings. The summed E-state index contributed by atoms with van der Waals surface area (Å²) in [5.41, 5.74) is 5.00. The van der Waals surface area contributed by atoms with Crippen molar-refractivity contribution in [3.8, 4) is 0 Å². The third-order valence-corrected chi connectivity index (χ3v) is 4.42. The van der Waals surface area contributed by atoms with E-state index in [2.05, 4.69) is 17.3 Å². The van der Waals surface area contributed by atoms with Crippen LogP contribution in [0.2, 0.25) is 0 Å². The molecule has 1 amide bonds. The largest absolute Gasteiger partial charge is 0.381 e. The van der Waals surface area contributed by atoms with Crippen molar-refractivity contribution >= 4 is 5.91 Å². The van der Waals surface area contributed by atoms with Crippen LogP contribution in [0.5, 0.6) is 0 Å². The van der Waals surface area contributed by atoms with Gasteiger partial charge in [0, 0.05) is 31.8 Å². The number of ether oxygens (including phenoxy) is 1. The van der Waals surface area contributed by atoms with Crippen molar-refractivity contribution in [1.82, 2.24) is 10.2 Å². The lowest BCUT2D eigenvalue weighted by atomic mass is 9.95. The third-order valence-electron chi connectivity index (χ3n) is 4.42. The van der Waals surface area contributed by atoms with E-state index in [1.165, 1.54) is 12.8 Å². The van der Waals surface area contributed by atoms with Gasteiger partial charge in [0.1, 0.15) is 0 Å². The van der Waals surface area contributed by atoms with Gasteiger partial charge in [-0.2, -0.15) is 0 Å². The van der Waals surface area contributed by atoms with E-state index < -0.39 is 5.54 Å². The number of nitrogens with two attached hydrogens (primary N) is 1. The second-order valence-corrected chi connectivity index (χ2v) is 6.19. The van der Waals surface area contributed by atoms with Gasteiger partial charge in [-0.1, -0.05) is 0 Å². The molecule has 1 saturated carbocycles. The molecule has 19 heavy (non-hydrogen) atoms. The number of nitrogens with zero attached hydrogens (tertiary/aromatic N) is 1.